The molecule has 5 nitrogen and oxygen atoms in total. The predicted octanol–water partition coefficient (Wildman–Crippen LogP) is 2.82. The standard InChI is InChI=1S/C19H20N2O3/c1-13(24-19(23)17-10-4-5-12-20-17)18(22)21-16-11-6-8-14-7-2-3-9-15(14)16/h2-5,7,9-10,12-13,16H,6,8,11H2,1H3,(H,21,22)/t13-,16+/m1/s1. The zero-order valence-corrected chi connectivity index (χ0v) is 13.6. The zero-order valence-electron chi connectivity index (χ0n) is 13.6. The van der Waals surface area contributed by atoms with Gasteiger partial charge in [-0.2, -0.15) is 0 Å². The van der Waals surface area contributed by atoms with Crippen molar-refractivity contribution in [1.82, 2.24) is 10.3 Å². The number of aromatic nitrogens is 1. The van der Waals surface area contributed by atoms with E-state index in [1.165, 1.54) is 11.8 Å². The minimum atomic E-state index is -0.867. The summed E-state index contributed by atoms with van der Waals surface area (Å²) >= 11 is 0. The van der Waals surface area contributed by atoms with E-state index in [0.717, 1.165) is 24.8 Å². The summed E-state index contributed by atoms with van der Waals surface area (Å²) in [6.45, 7) is 1.57. The van der Waals surface area contributed by atoms with E-state index in [2.05, 4.69) is 16.4 Å². The first-order valence-corrected chi connectivity index (χ1v) is 8.15. The van der Waals surface area contributed by atoms with Gasteiger partial charge in [0.2, 0.25) is 0 Å². The van der Waals surface area contributed by atoms with Gasteiger partial charge in [0.05, 0.1) is 6.04 Å². The van der Waals surface area contributed by atoms with Gasteiger partial charge in [0.25, 0.3) is 5.91 Å². The molecule has 0 saturated heterocycles. The van der Waals surface area contributed by atoms with E-state index >= 15 is 0 Å². The maximum atomic E-state index is 12.4. The molecule has 0 fully saturated rings. The van der Waals surface area contributed by atoms with Gasteiger partial charge < -0.3 is 10.1 Å². The maximum Gasteiger partial charge on any atom is 0.357 e. The number of rotatable bonds is 4. The molecule has 0 spiro atoms. The van der Waals surface area contributed by atoms with Crippen molar-refractivity contribution < 1.29 is 14.3 Å². The summed E-state index contributed by atoms with van der Waals surface area (Å²) < 4.78 is 5.21. The number of hydrogen-bond acceptors (Lipinski definition) is 4. The summed E-state index contributed by atoms with van der Waals surface area (Å²) in [4.78, 5) is 28.3. The summed E-state index contributed by atoms with van der Waals surface area (Å²) in [6.07, 6.45) is 3.61. The van der Waals surface area contributed by atoms with Gasteiger partial charge in [-0.15, -0.1) is 0 Å². The average molecular weight is 324 g/mol. The van der Waals surface area contributed by atoms with E-state index in [1.54, 1.807) is 25.1 Å². The molecule has 1 N–H and O–H groups in total. The van der Waals surface area contributed by atoms with E-state index in [0.29, 0.717) is 0 Å². The van der Waals surface area contributed by atoms with Crippen LogP contribution in [-0.4, -0.2) is 23.0 Å². The lowest BCUT2D eigenvalue weighted by atomic mass is 9.87. The third-order valence-corrected chi connectivity index (χ3v) is 4.21. The van der Waals surface area contributed by atoms with Crippen LogP contribution in [0.3, 0.4) is 0 Å². The number of aryl methyl sites for hydroxylation is 1. The molecule has 2 aromatic rings. The molecule has 24 heavy (non-hydrogen) atoms. The molecule has 1 aliphatic rings. The molecule has 0 aliphatic heterocycles. The van der Waals surface area contributed by atoms with Crippen LogP contribution in [0.5, 0.6) is 0 Å². The molecule has 3 rings (SSSR count). The van der Waals surface area contributed by atoms with Crippen LogP contribution in [0.2, 0.25) is 0 Å². The number of benzene rings is 1. The van der Waals surface area contributed by atoms with Crippen LogP contribution in [0.1, 0.15) is 47.4 Å². The summed E-state index contributed by atoms with van der Waals surface area (Å²) in [5.41, 5.74) is 2.62. The van der Waals surface area contributed by atoms with E-state index < -0.39 is 12.1 Å². The summed E-state index contributed by atoms with van der Waals surface area (Å²) in [6, 6.07) is 13.1. The lowest BCUT2D eigenvalue weighted by Crippen LogP contribution is -2.39. The highest BCUT2D eigenvalue weighted by molar-refractivity contribution is 5.90. The minimum absolute atomic E-state index is 0.0292. The highest BCUT2D eigenvalue weighted by Crippen LogP contribution is 2.29. The van der Waals surface area contributed by atoms with Crippen molar-refractivity contribution in [3.05, 3.63) is 65.5 Å². The summed E-state index contributed by atoms with van der Waals surface area (Å²) in [7, 11) is 0. The highest BCUT2D eigenvalue weighted by atomic mass is 16.5. The molecule has 0 unspecified atom stereocenters. The smallest absolute Gasteiger partial charge is 0.357 e. The zero-order chi connectivity index (χ0) is 16.9. The first-order valence-electron chi connectivity index (χ1n) is 8.15. The molecule has 5 heteroatoms. The Morgan fingerprint density at radius 1 is 1.21 bits per heavy atom. The fourth-order valence-electron chi connectivity index (χ4n) is 2.95. The molecule has 1 aromatic heterocycles. The number of amides is 1. The monoisotopic (exact) mass is 324 g/mol. The Morgan fingerprint density at radius 3 is 2.79 bits per heavy atom. The number of carbonyl (C=O) groups is 2. The van der Waals surface area contributed by atoms with Crippen LogP contribution in [0, 0.1) is 0 Å². The molecule has 1 aromatic carbocycles. The lowest BCUT2D eigenvalue weighted by molar-refractivity contribution is -0.130. The Balaban J connectivity index is 1.62. The fourth-order valence-corrected chi connectivity index (χ4v) is 2.95. The molecule has 0 bridgehead atoms. The lowest BCUT2D eigenvalue weighted by Gasteiger charge is -2.27. The van der Waals surface area contributed by atoms with Gasteiger partial charge in [0.1, 0.15) is 5.69 Å². The topological polar surface area (TPSA) is 68.3 Å². The van der Waals surface area contributed by atoms with E-state index in [-0.39, 0.29) is 17.6 Å². The Hall–Kier alpha value is -2.69. The number of nitrogens with zero attached hydrogens (tertiary/aromatic N) is 1. The van der Waals surface area contributed by atoms with Crippen molar-refractivity contribution in [1.29, 1.82) is 0 Å². The van der Waals surface area contributed by atoms with Crippen LogP contribution in [-0.2, 0) is 16.0 Å². The molecule has 0 saturated carbocycles. The van der Waals surface area contributed by atoms with Crippen molar-refractivity contribution in [2.75, 3.05) is 0 Å². The van der Waals surface area contributed by atoms with E-state index in [4.69, 9.17) is 4.74 Å². The molecule has 2 atom stereocenters. The van der Waals surface area contributed by atoms with E-state index in [9.17, 15) is 9.59 Å². The molecular formula is C19H20N2O3. The van der Waals surface area contributed by atoms with Crippen LogP contribution in [0.15, 0.2) is 48.7 Å². The second kappa shape index (κ2) is 7.25. The van der Waals surface area contributed by atoms with Gasteiger partial charge in [-0.05, 0) is 49.4 Å². The van der Waals surface area contributed by atoms with Gasteiger partial charge in [-0.3, -0.25) is 4.79 Å². The van der Waals surface area contributed by atoms with Crippen LogP contribution in [0.4, 0.5) is 0 Å². The van der Waals surface area contributed by atoms with E-state index in [1.807, 2.05) is 18.2 Å². The van der Waals surface area contributed by atoms with Crippen molar-refractivity contribution in [2.45, 2.75) is 38.3 Å². The highest BCUT2D eigenvalue weighted by Gasteiger charge is 2.25. The molecule has 1 amide bonds. The Kier molecular flexibility index (Phi) is 4.89. The van der Waals surface area contributed by atoms with Crippen molar-refractivity contribution in [3.63, 3.8) is 0 Å². The van der Waals surface area contributed by atoms with Gasteiger partial charge in [0, 0.05) is 6.20 Å². The Labute approximate surface area is 141 Å². The first kappa shape index (κ1) is 16.2. The molecule has 0 radical (unpaired) electrons. The number of nitrogens with one attached hydrogen (secondary N) is 1. The Bertz CT molecular complexity index is 730. The van der Waals surface area contributed by atoms with Crippen molar-refractivity contribution in [3.8, 4) is 0 Å². The molecular weight excluding hydrogens is 304 g/mol. The Morgan fingerprint density at radius 2 is 2.00 bits per heavy atom. The largest absolute Gasteiger partial charge is 0.448 e. The molecule has 1 aliphatic carbocycles. The SMILES string of the molecule is C[C@@H](OC(=O)c1ccccn1)C(=O)N[C@H]1CCCc2ccccc21. The number of ether oxygens (including phenoxy) is 1. The number of pyridine rings is 1. The van der Waals surface area contributed by atoms with Gasteiger partial charge in [-0.25, -0.2) is 9.78 Å². The van der Waals surface area contributed by atoms with Gasteiger partial charge in [-0.1, -0.05) is 30.3 Å². The van der Waals surface area contributed by atoms with Crippen LogP contribution in [0.25, 0.3) is 0 Å². The van der Waals surface area contributed by atoms with Crippen molar-refractivity contribution >= 4 is 11.9 Å². The fraction of sp³-hybridized carbons (Fsp3) is 0.316. The molecule has 1 heterocycles. The quantitative estimate of drug-likeness (QED) is 0.878. The van der Waals surface area contributed by atoms with Gasteiger partial charge >= 0.3 is 5.97 Å². The number of carbonyl (C=O) groups excluding carboxylic acids is 2. The predicted molar refractivity (Wildman–Crippen MR) is 89.4 cm³/mol. The second-order valence-corrected chi connectivity index (χ2v) is 5.91. The normalized spacial score (nSPS) is 17.5. The molecule has 124 valence electrons. The number of esters is 1. The minimum Gasteiger partial charge on any atom is -0.448 e. The van der Waals surface area contributed by atoms with Crippen molar-refractivity contribution in [2.24, 2.45) is 0 Å². The number of hydrogen-bond donors (Lipinski definition) is 1. The van der Waals surface area contributed by atoms with Crippen LogP contribution < -0.4 is 5.32 Å². The first-order chi connectivity index (χ1) is 11.6. The number of fused-ring (bicyclic) bond motifs is 1. The van der Waals surface area contributed by atoms with Crippen LogP contribution >= 0.6 is 0 Å². The van der Waals surface area contributed by atoms with Gasteiger partial charge in [0.15, 0.2) is 6.10 Å². The maximum absolute atomic E-state index is 12.4. The summed E-state index contributed by atoms with van der Waals surface area (Å²) in [5.74, 6) is -0.886. The second-order valence-electron chi connectivity index (χ2n) is 5.91. The summed E-state index contributed by atoms with van der Waals surface area (Å²) in [5, 5.41) is 3.00. The average Bonchev–Trinajstić information content (AvgIpc) is 2.62. The third kappa shape index (κ3) is 3.62. The third-order valence-electron chi connectivity index (χ3n) is 4.21.